The Morgan fingerprint density at radius 2 is 2.00 bits per heavy atom. The van der Waals surface area contributed by atoms with Crippen molar-refractivity contribution >= 4 is 0 Å². The van der Waals surface area contributed by atoms with Crippen LogP contribution in [-0.4, -0.2) is 48.3 Å². The Balaban J connectivity index is 1.31. The summed E-state index contributed by atoms with van der Waals surface area (Å²) < 4.78 is 5.91. The maximum atomic E-state index is 5.91. The molecule has 3 heterocycles. The average molecular weight is 222 g/mol. The van der Waals surface area contributed by atoms with Gasteiger partial charge >= 0.3 is 0 Å². The molecule has 4 rings (SSSR count). The molecule has 1 saturated carbocycles. The Morgan fingerprint density at radius 3 is 2.69 bits per heavy atom. The zero-order chi connectivity index (χ0) is 10.5. The summed E-state index contributed by atoms with van der Waals surface area (Å²) in [5.74, 6) is 0. The molecular weight excluding hydrogens is 200 g/mol. The van der Waals surface area contributed by atoms with Gasteiger partial charge in [0.25, 0.3) is 0 Å². The summed E-state index contributed by atoms with van der Waals surface area (Å²) in [7, 11) is 0. The maximum absolute atomic E-state index is 5.91. The summed E-state index contributed by atoms with van der Waals surface area (Å²) >= 11 is 0. The highest BCUT2D eigenvalue weighted by atomic mass is 16.5. The van der Waals surface area contributed by atoms with Gasteiger partial charge in [-0.05, 0) is 38.5 Å². The zero-order valence-electron chi connectivity index (χ0n) is 9.90. The van der Waals surface area contributed by atoms with Crippen LogP contribution in [0.5, 0.6) is 0 Å². The number of ether oxygens (including phenoxy) is 1. The van der Waals surface area contributed by atoms with Gasteiger partial charge in [0.2, 0.25) is 0 Å². The fourth-order valence-corrected chi connectivity index (χ4v) is 3.81. The highest BCUT2D eigenvalue weighted by Crippen LogP contribution is 2.35. The lowest BCUT2D eigenvalue weighted by Crippen LogP contribution is -2.45. The van der Waals surface area contributed by atoms with Crippen LogP contribution < -0.4 is 5.32 Å². The smallest absolute Gasteiger partial charge is 0.0733 e. The van der Waals surface area contributed by atoms with E-state index in [0.717, 1.165) is 12.1 Å². The third kappa shape index (κ3) is 1.69. The van der Waals surface area contributed by atoms with Crippen molar-refractivity contribution in [2.75, 3.05) is 13.1 Å². The number of nitrogens with zero attached hydrogens (tertiary/aromatic N) is 1. The molecule has 90 valence electrons. The molecule has 0 amide bonds. The summed E-state index contributed by atoms with van der Waals surface area (Å²) in [4.78, 5) is 2.69. The van der Waals surface area contributed by atoms with Crippen molar-refractivity contribution < 1.29 is 4.74 Å². The van der Waals surface area contributed by atoms with Gasteiger partial charge in [-0.3, -0.25) is 4.90 Å². The summed E-state index contributed by atoms with van der Waals surface area (Å²) in [6.45, 7) is 2.61. The molecule has 4 unspecified atom stereocenters. The largest absolute Gasteiger partial charge is 0.373 e. The molecule has 1 N–H and O–H groups in total. The first-order valence-electron chi connectivity index (χ1n) is 7.04. The fraction of sp³-hybridized carbons (Fsp3) is 1.00. The third-order valence-corrected chi connectivity index (χ3v) is 4.84. The lowest BCUT2D eigenvalue weighted by atomic mass is 9.95. The lowest BCUT2D eigenvalue weighted by molar-refractivity contribution is 0.0960. The minimum atomic E-state index is 0.542. The zero-order valence-corrected chi connectivity index (χ0v) is 9.90. The summed E-state index contributed by atoms with van der Waals surface area (Å²) in [6, 6.07) is 2.36. The quantitative estimate of drug-likeness (QED) is 0.775. The van der Waals surface area contributed by atoms with Gasteiger partial charge in [-0.2, -0.15) is 0 Å². The molecule has 3 nitrogen and oxygen atoms in total. The second-order valence-corrected chi connectivity index (χ2v) is 6.09. The monoisotopic (exact) mass is 222 g/mol. The van der Waals surface area contributed by atoms with Crippen molar-refractivity contribution in [2.24, 2.45) is 0 Å². The van der Waals surface area contributed by atoms with Crippen LogP contribution in [0, 0.1) is 0 Å². The second-order valence-electron chi connectivity index (χ2n) is 6.09. The second kappa shape index (κ2) is 3.69. The van der Waals surface area contributed by atoms with Gasteiger partial charge in [-0.15, -0.1) is 0 Å². The van der Waals surface area contributed by atoms with Gasteiger partial charge in [0.05, 0.1) is 12.2 Å². The number of likely N-dealkylation sites (tertiary alicyclic amines) is 1. The normalized spacial score (nSPS) is 48.0. The fourth-order valence-electron chi connectivity index (χ4n) is 3.81. The minimum absolute atomic E-state index is 0.542. The number of nitrogens with one attached hydrogen (secondary N) is 1. The van der Waals surface area contributed by atoms with Crippen molar-refractivity contribution in [3.05, 3.63) is 0 Å². The molecule has 0 aromatic carbocycles. The van der Waals surface area contributed by atoms with Crippen LogP contribution >= 0.6 is 0 Å². The van der Waals surface area contributed by atoms with Crippen molar-refractivity contribution in [2.45, 2.75) is 68.9 Å². The van der Waals surface area contributed by atoms with Crippen LogP contribution in [0.4, 0.5) is 0 Å². The average Bonchev–Trinajstić information content (AvgIpc) is 2.76. The van der Waals surface area contributed by atoms with E-state index < -0.39 is 0 Å². The molecule has 3 saturated heterocycles. The molecule has 0 spiro atoms. The van der Waals surface area contributed by atoms with Gasteiger partial charge in [0.15, 0.2) is 0 Å². The molecule has 2 bridgehead atoms. The molecule has 3 heteroatoms. The van der Waals surface area contributed by atoms with E-state index in [2.05, 4.69) is 10.2 Å². The van der Waals surface area contributed by atoms with E-state index in [1.807, 2.05) is 0 Å². The molecule has 4 atom stereocenters. The van der Waals surface area contributed by atoms with Gasteiger partial charge in [0, 0.05) is 31.2 Å². The molecular formula is C13H22N2O. The van der Waals surface area contributed by atoms with Crippen LogP contribution in [0.2, 0.25) is 0 Å². The van der Waals surface area contributed by atoms with E-state index >= 15 is 0 Å². The molecule has 0 aromatic heterocycles. The van der Waals surface area contributed by atoms with Crippen LogP contribution in [-0.2, 0) is 4.74 Å². The van der Waals surface area contributed by atoms with Crippen LogP contribution in [0.15, 0.2) is 0 Å². The van der Waals surface area contributed by atoms with Crippen LogP contribution in [0.25, 0.3) is 0 Å². The minimum Gasteiger partial charge on any atom is -0.373 e. The first-order valence-corrected chi connectivity index (χ1v) is 7.04. The lowest BCUT2D eigenvalue weighted by Gasteiger charge is -2.24. The number of hydrogen-bond acceptors (Lipinski definition) is 3. The standard InChI is InChI=1S/C13H22N2O/c1-2-10(1)15-6-5-9(8-15)14-12-7-11-3-4-13(12)16-11/h9-14H,1-8H2. The van der Waals surface area contributed by atoms with Crippen LogP contribution in [0.1, 0.15) is 38.5 Å². The van der Waals surface area contributed by atoms with Crippen molar-refractivity contribution in [3.8, 4) is 0 Å². The Bertz CT molecular complexity index is 279. The number of rotatable bonds is 3. The van der Waals surface area contributed by atoms with E-state index in [9.17, 15) is 0 Å². The molecule has 0 aromatic rings. The predicted octanol–water partition coefficient (Wildman–Crippen LogP) is 1.13. The molecule has 4 aliphatic rings. The molecule has 1 aliphatic carbocycles. The summed E-state index contributed by atoms with van der Waals surface area (Å²) in [5, 5.41) is 3.86. The van der Waals surface area contributed by atoms with E-state index in [1.54, 1.807) is 0 Å². The third-order valence-electron chi connectivity index (χ3n) is 4.84. The Labute approximate surface area is 97.5 Å². The van der Waals surface area contributed by atoms with E-state index in [1.165, 1.54) is 51.6 Å². The Morgan fingerprint density at radius 1 is 1.06 bits per heavy atom. The number of fused-ring (bicyclic) bond motifs is 2. The Kier molecular flexibility index (Phi) is 2.27. The SMILES string of the molecule is C1CN(C2CC2)CC1NC1CC2CCC1O2. The predicted molar refractivity (Wildman–Crippen MR) is 62.4 cm³/mol. The first kappa shape index (κ1) is 9.86. The van der Waals surface area contributed by atoms with E-state index in [0.29, 0.717) is 18.2 Å². The summed E-state index contributed by atoms with van der Waals surface area (Å²) in [5.41, 5.74) is 0. The molecule has 16 heavy (non-hydrogen) atoms. The summed E-state index contributed by atoms with van der Waals surface area (Å²) in [6.07, 6.45) is 9.25. The highest BCUT2D eigenvalue weighted by molar-refractivity contribution is 4.98. The molecule has 0 radical (unpaired) electrons. The van der Waals surface area contributed by atoms with Gasteiger partial charge in [-0.1, -0.05) is 0 Å². The first-order chi connectivity index (χ1) is 7.88. The van der Waals surface area contributed by atoms with E-state index in [-0.39, 0.29) is 0 Å². The molecule has 3 aliphatic heterocycles. The van der Waals surface area contributed by atoms with Crippen molar-refractivity contribution in [1.82, 2.24) is 10.2 Å². The van der Waals surface area contributed by atoms with Crippen molar-refractivity contribution in [3.63, 3.8) is 0 Å². The van der Waals surface area contributed by atoms with Gasteiger partial charge < -0.3 is 10.1 Å². The van der Waals surface area contributed by atoms with Gasteiger partial charge in [-0.25, -0.2) is 0 Å². The van der Waals surface area contributed by atoms with Crippen LogP contribution in [0.3, 0.4) is 0 Å². The Hall–Kier alpha value is -0.120. The van der Waals surface area contributed by atoms with Gasteiger partial charge in [0.1, 0.15) is 0 Å². The van der Waals surface area contributed by atoms with Crippen molar-refractivity contribution in [1.29, 1.82) is 0 Å². The topological polar surface area (TPSA) is 24.5 Å². The maximum Gasteiger partial charge on any atom is 0.0733 e. The number of hydrogen-bond donors (Lipinski definition) is 1. The molecule has 4 fully saturated rings. The van der Waals surface area contributed by atoms with E-state index in [4.69, 9.17) is 4.74 Å². The highest BCUT2D eigenvalue weighted by Gasteiger charge is 2.42.